The lowest BCUT2D eigenvalue weighted by Crippen LogP contribution is -2.08. The monoisotopic (exact) mass is 424 g/mol. The second-order valence-electron chi connectivity index (χ2n) is 5.53. The van der Waals surface area contributed by atoms with Crippen LogP contribution < -0.4 is 18.9 Å². The van der Waals surface area contributed by atoms with Gasteiger partial charge in [0, 0.05) is 24.0 Å². The summed E-state index contributed by atoms with van der Waals surface area (Å²) in [6.45, 7) is 3.34. The van der Waals surface area contributed by atoms with Gasteiger partial charge in [0.05, 0.1) is 0 Å². The van der Waals surface area contributed by atoms with Crippen LogP contribution in [0.3, 0.4) is 0 Å². The molecule has 0 atom stereocenters. The quantitative estimate of drug-likeness (QED) is 0.306. The summed E-state index contributed by atoms with van der Waals surface area (Å²) in [7, 11) is 0. The van der Waals surface area contributed by atoms with E-state index in [4.69, 9.17) is 18.9 Å². The van der Waals surface area contributed by atoms with E-state index in [2.05, 4.69) is 47.7 Å². The molecule has 156 valence electrons. The van der Waals surface area contributed by atoms with E-state index in [9.17, 15) is 9.59 Å². The van der Waals surface area contributed by atoms with Gasteiger partial charge in [-0.1, -0.05) is 11.8 Å². The molecule has 2 rings (SSSR count). The zero-order valence-corrected chi connectivity index (χ0v) is 17.2. The van der Waals surface area contributed by atoms with E-state index in [0.29, 0.717) is 11.5 Å². The molecular weight excluding hydrogens is 408 g/mol. The number of ether oxygens (including phenoxy) is 4. The fourth-order valence-electron chi connectivity index (χ4n) is 1.93. The molecule has 0 radical (unpaired) electrons. The van der Waals surface area contributed by atoms with Crippen LogP contribution in [0.1, 0.15) is 13.8 Å². The van der Waals surface area contributed by atoms with Gasteiger partial charge in [-0.05, 0) is 74.2 Å². The van der Waals surface area contributed by atoms with Crippen LogP contribution in [0, 0.1) is 47.7 Å². The Morgan fingerprint density at radius 1 is 0.594 bits per heavy atom. The van der Waals surface area contributed by atoms with E-state index in [1.807, 2.05) is 0 Å². The average Bonchev–Trinajstić information content (AvgIpc) is 2.80. The molecule has 32 heavy (non-hydrogen) atoms. The Labute approximate surface area is 186 Å². The minimum Gasteiger partial charge on any atom is -0.423 e. The summed E-state index contributed by atoms with van der Waals surface area (Å²) >= 11 is 0. The molecule has 0 aromatic heterocycles. The van der Waals surface area contributed by atoms with Crippen molar-refractivity contribution in [2.75, 3.05) is 0 Å². The number of carbonyl (C=O) groups is 2. The molecule has 0 saturated heterocycles. The fraction of sp³-hybridized carbons (Fsp3) is 0.0769. The number of esters is 2. The van der Waals surface area contributed by atoms with Gasteiger partial charge in [0.1, 0.15) is 35.2 Å². The number of carbonyl (C=O) groups excluding carboxylic acids is 2. The van der Waals surface area contributed by atoms with Crippen LogP contribution in [0.25, 0.3) is 0 Å². The first-order valence-corrected chi connectivity index (χ1v) is 9.09. The average molecular weight is 424 g/mol. The Kier molecular flexibility index (Phi) is 9.61. The standard InChI is InChI=1S/C26H16O6/c1-3-5-7-19-29-21-9-13-23(14-10-21)31-25(27)17-18-26(28)32-24-15-11-22(12-16-24)30-20-8-6-4-2/h9-18H,1-2H3/b18-17-. The van der Waals surface area contributed by atoms with Crippen LogP contribution in [0.2, 0.25) is 0 Å². The molecule has 2 aromatic rings. The maximum Gasteiger partial charge on any atom is 0.336 e. The summed E-state index contributed by atoms with van der Waals surface area (Å²) in [6, 6.07) is 12.4. The van der Waals surface area contributed by atoms with Crippen molar-refractivity contribution in [2.45, 2.75) is 13.8 Å². The molecule has 0 aliphatic carbocycles. The molecule has 0 saturated carbocycles. The van der Waals surface area contributed by atoms with Crippen LogP contribution in [0.15, 0.2) is 60.7 Å². The summed E-state index contributed by atoms with van der Waals surface area (Å²) in [4.78, 5) is 23.7. The van der Waals surface area contributed by atoms with Crippen molar-refractivity contribution in [1.82, 2.24) is 0 Å². The van der Waals surface area contributed by atoms with E-state index < -0.39 is 11.9 Å². The minimum absolute atomic E-state index is 0.269. The Bertz CT molecular complexity index is 1120. The molecule has 0 unspecified atom stereocenters. The third kappa shape index (κ3) is 8.97. The summed E-state index contributed by atoms with van der Waals surface area (Å²) < 4.78 is 20.5. The summed E-state index contributed by atoms with van der Waals surface area (Å²) in [5.41, 5.74) is 0. The summed E-state index contributed by atoms with van der Waals surface area (Å²) in [6.07, 6.45) is 6.76. The second kappa shape index (κ2) is 13.2. The zero-order valence-electron chi connectivity index (χ0n) is 17.2. The van der Waals surface area contributed by atoms with E-state index in [1.54, 1.807) is 38.1 Å². The highest BCUT2D eigenvalue weighted by Crippen LogP contribution is 2.18. The Morgan fingerprint density at radius 3 is 1.28 bits per heavy atom. The third-order valence-corrected chi connectivity index (χ3v) is 3.25. The van der Waals surface area contributed by atoms with Gasteiger partial charge in [-0.2, -0.15) is 0 Å². The van der Waals surface area contributed by atoms with Gasteiger partial charge in [0.25, 0.3) is 0 Å². The lowest BCUT2D eigenvalue weighted by Gasteiger charge is -2.03. The first-order chi connectivity index (χ1) is 15.6. The highest BCUT2D eigenvalue weighted by atomic mass is 16.5. The van der Waals surface area contributed by atoms with Gasteiger partial charge in [0.15, 0.2) is 0 Å². The van der Waals surface area contributed by atoms with Crippen LogP contribution in [0.5, 0.6) is 23.0 Å². The van der Waals surface area contributed by atoms with Crippen LogP contribution in [-0.4, -0.2) is 11.9 Å². The van der Waals surface area contributed by atoms with Crippen molar-refractivity contribution in [3.05, 3.63) is 60.7 Å². The van der Waals surface area contributed by atoms with E-state index in [0.717, 1.165) is 12.2 Å². The first-order valence-electron chi connectivity index (χ1n) is 9.09. The molecule has 0 spiro atoms. The van der Waals surface area contributed by atoms with Crippen LogP contribution in [0.4, 0.5) is 0 Å². The molecule has 0 fully saturated rings. The summed E-state index contributed by atoms with van der Waals surface area (Å²) in [5.74, 6) is 15.3. The molecule has 6 heteroatoms. The first kappa shape index (κ1) is 23.2. The molecule has 0 N–H and O–H groups in total. The van der Waals surface area contributed by atoms with Crippen LogP contribution in [-0.2, 0) is 9.59 Å². The van der Waals surface area contributed by atoms with Crippen molar-refractivity contribution in [3.8, 4) is 70.7 Å². The normalized spacial score (nSPS) is 8.69. The molecule has 0 aliphatic heterocycles. The largest absolute Gasteiger partial charge is 0.423 e. The molecule has 6 nitrogen and oxygen atoms in total. The van der Waals surface area contributed by atoms with Gasteiger partial charge >= 0.3 is 11.9 Å². The second-order valence-corrected chi connectivity index (χ2v) is 5.53. The molecule has 0 amide bonds. The minimum atomic E-state index is -0.744. The third-order valence-electron chi connectivity index (χ3n) is 3.25. The topological polar surface area (TPSA) is 71.1 Å². The fourth-order valence-corrected chi connectivity index (χ4v) is 1.93. The Hall–Kier alpha value is -5.04. The van der Waals surface area contributed by atoms with E-state index >= 15 is 0 Å². The highest BCUT2D eigenvalue weighted by molar-refractivity contribution is 5.93. The van der Waals surface area contributed by atoms with Crippen molar-refractivity contribution >= 4 is 11.9 Å². The SMILES string of the molecule is CC#CC#COc1ccc(OC(=O)/C=C\C(=O)Oc2ccc(OC#CC#CC)cc2)cc1. The predicted octanol–water partition coefficient (Wildman–Crippen LogP) is 3.48. The van der Waals surface area contributed by atoms with Crippen molar-refractivity contribution in [2.24, 2.45) is 0 Å². The smallest absolute Gasteiger partial charge is 0.336 e. The lowest BCUT2D eigenvalue weighted by atomic mass is 10.3. The molecule has 2 aromatic carbocycles. The Morgan fingerprint density at radius 2 is 0.938 bits per heavy atom. The van der Waals surface area contributed by atoms with E-state index in [-0.39, 0.29) is 11.5 Å². The van der Waals surface area contributed by atoms with E-state index in [1.165, 1.54) is 24.3 Å². The van der Waals surface area contributed by atoms with Crippen molar-refractivity contribution < 1.29 is 28.5 Å². The molecule has 0 aliphatic rings. The van der Waals surface area contributed by atoms with Crippen molar-refractivity contribution in [3.63, 3.8) is 0 Å². The maximum absolute atomic E-state index is 11.9. The molecule has 0 bridgehead atoms. The van der Waals surface area contributed by atoms with Gasteiger partial charge in [0.2, 0.25) is 0 Å². The van der Waals surface area contributed by atoms with Gasteiger partial charge < -0.3 is 18.9 Å². The van der Waals surface area contributed by atoms with Crippen molar-refractivity contribution in [1.29, 1.82) is 0 Å². The van der Waals surface area contributed by atoms with Crippen LogP contribution >= 0.6 is 0 Å². The number of hydrogen-bond donors (Lipinski definition) is 0. The maximum atomic E-state index is 11.9. The number of hydrogen-bond acceptors (Lipinski definition) is 6. The predicted molar refractivity (Wildman–Crippen MR) is 117 cm³/mol. The molecule has 0 heterocycles. The van der Waals surface area contributed by atoms with Gasteiger partial charge in [-0.15, -0.1) is 0 Å². The van der Waals surface area contributed by atoms with Gasteiger partial charge in [-0.3, -0.25) is 0 Å². The van der Waals surface area contributed by atoms with Gasteiger partial charge in [-0.25, -0.2) is 9.59 Å². The summed E-state index contributed by atoms with van der Waals surface area (Å²) in [5, 5.41) is 0. The lowest BCUT2D eigenvalue weighted by molar-refractivity contribution is -0.131. The molecular formula is C26H16O6. The Balaban J connectivity index is 1.82. The highest BCUT2D eigenvalue weighted by Gasteiger charge is 2.05. The number of benzene rings is 2. The zero-order chi connectivity index (χ0) is 23.0. The number of rotatable bonds is 6.